The topological polar surface area (TPSA) is 58.6 Å². The van der Waals surface area contributed by atoms with Crippen molar-refractivity contribution in [3.63, 3.8) is 0 Å². The van der Waals surface area contributed by atoms with Crippen molar-refractivity contribution in [2.75, 3.05) is 19.4 Å². The first-order valence-electron chi connectivity index (χ1n) is 11.4. The molecule has 0 radical (unpaired) electrons. The van der Waals surface area contributed by atoms with Crippen LogP contribution in [0.4, 0.5) is 5.69 Å². The van der Waals surface area contributed by atoms with Crippen molar-refractivity contribution in [2.45, 2.75) is 13.2 Å². The van der Waals surface area contributed by atoms with Gasteiger partial charge in [0.2, 0.25) is 5.91 Å². The Hall–Kier alpha value is -4.22. The summed E-state index contributed by atoms with van der Waals surface area (Å²) < 4.78 is 5.43. The van der Waals surface area contributed by atoms with E-state index in [1.807, 2.05) is 42.5 Å². The lowest BCUT2D eigenvalue weighted by Gasteiger charge is -2.10. The second-order valence-electron chi connectivity index (χ2n) is 8.61. The molecule has 0 saturated carbocycles. The summed E-state index contributed by atoms with van der Waals surface area (Å²) in [5, 5.41) is 5.07. The highest BCUT2D eigenvalue weighted by molar-refractivity contribution is 6.06. The molecule has 0 aromatic heterocycles. The van der Waals surface area contributed by atoms with Gasteiger partial charge in [-0.25, -0.2) is 4.79 Å². The molecule has 0 fully saturated rings. The van der Waals surface area contributed by atoms with Crippen LogP contribution in [0, 0.1) is 0 Å². The first-order valence-corrected chi connectivity index (χ1v) is 11.4. The second-order valence-corrected chi connectivity index (χ2v) is 8.61. The molecule has 176 valence electrons. The first-order chi connectivity index (χ1) is 17.0. The maximum Gasteiger partial charge on any atom is 0.340 e. The molecule has 0 unspecified atom stereocenters. The molecule has 1 amide bonds. The highest BCUT2D eigenvalue weighted by Crippen LogP contribution is 2.20. The number of amides is 1. The molecule has 5 heteroatoms. The summed E-state index contributed by atoms with van der Waals surface area (Å²) >= 11 is 0. The van der Waals surface area contributed by atoms with Gasteiger partial charge < -0.3 is 15.0 Å². The normalized spacial score (nSPS) is 11.2. The van der Waals surface area contributed by atoms with E-state index in [1.54, 1.807) is 30.3 Å². The molecule has 4 rings (SSSR count). The lowest BCUT2D eigenvalue weighted by molar-refractivity contribution is -0.111. The predicted molar refractivity (Wildman–Crippen MR) is 141 cm³/mol. The van der Waals surface area contributed by atoms with Gasteiger partial charge in [-0.15, -0.1) is 0 Å². The molecule has 4 aromatic carbocycles. The average Bonchev–Trinajstić information content (AvgIpc) is 2.86. The zero-order valence-electron chi connectivity index (χ0n) is 19.9. The minimum absolute atomic E-state index is 0.167. The Morgan fingerprint density at radius 3 is 2.34 bits per heavy atom. The molecule has 0 atom stereocenters. The van der Waals surface area contributed by atoms with Crippen LogP contribution in [0.25, 0.3) is 16.8 Å². The van der Waals surface area contributed by atoms with E-state index in [2.05, 4.69) is 48.6 Å². The third kappa shape index (κ3) is 6.65. The number of rotatable bonds is 8. The van der Waals surface area contributed by atoms with Crippen molar-refractivity contribution in [3.8, 4) is 0 Å². The van der Waals surface area contributed by atoms with Crippen LogP contribution in [-0.4, -0.2) is 30.9 Å². The Balaban J connectivity index is 1.41. The van der Waals surface area contributed by atoms with Crippen molar-refractivity contribution in [1.82, 2.24) is 4.90 Å². The summed E-state index contributed by atoms with van der Waals surface area (Å²) in [4.78, 5) is 27.3. The maximum absolute atomic E-state index is 12.6. The quantitative estimate of drug-likeness (QED) is 0.260. The monoisotopic (exact) mass is 464 g/mol. The van der Waals surface area contributed by atoms with Crippen LogP contribution in [0.1, 0.15) is 27.0 Å². The van der Waals surface area contributed by atoms with Gasteiger partial charge in [0, 0.05) is 12.6 Å². The molecule has 0 aliphatic heterocycles. The number of nitrogens with one attached hydrogen (secondary N) is 1. The lowest BCUT2D eigenvalue weighted by Crippen LogP contribution is -2.13. The summed E-state index contributed by atoms with van der Waals surface area (Å²) in [5.74, 6) is -0.813. The molecule has 0 aliphatic rings. The van der Waals surface area contributed by atoms with Gasteiger partial charge in [-0.1, -0.05) is 66.7 Å². The van der Waals surface area contributed by atoms with Gasteiger partial charge in [-0.05, 0) is 71.9 Å². The van der Waals surface area contributed by atoms with E-state index in [1.165, 1.54) is 11.6 Å². The summed E-state index contributed by atoms with van der Waals surface area (Å²) in [7, 11) is 4.10. The van der Waals surface area contributed by atoms with Crippen LogP contribution in [0.15, 0.2) is 97.1 Å². The number of carbonyl (C=O) groups is 2. The fraction of sp³-hybridized carbons (Fsp3) is 0.133. The number of para-hydroxylation sites is 1. The van der Waals surface area contributed by atoms with Crippen molar-refractivity contribution >= 4 is 34.4 Å². The molecule has 0 bridgehead atoms. The Morgan fingerprint density at radius 2 is 1.54 bits per heavy atom. The van der Waals surface area contributed by atoms with E-state index in [0.29, 0.717) is 11.3 Å². The molecule has 0 saturated heterocycles. The largest absolute Gasteiger partial charge is 0.457 e. The van der Waals surface area contributed by atoms with Crippen molar-refractivity contribution in [1.29, 1.82) is 0 Å². The molecular formula is C30H28N2O3. The number of carbonyl (C=O) groups excluding carboxylic acids is 2. The summed E-state index contributed by atoms with van der Waals surface area (Å²) in [6.07, 6.45) is 3.23. The fourth-order valence-corrected chi connectivity index (χ4v) is 3.80. The van der Waals surface area contributed by atoms with Gasteiger partial charge in [-0.3, -0.25) is 4.79 Å². The van der Waals surface area contributed by atoms with E-state index >= 15 is 0 Å². The van der Waals surface area contributed by atoms with E-state index in [0.717, 1.165) is 28.4 Å². The minimum Gasteiger partial charge on any atom is -0.457 e. The van der Waals surface area contributed by atoms with Gasteiger partial charge in [0.25, 0.3) is 0 Å². The Labute approximate surface area is 205 Å². The number of hydrogen-bond acceptors (Lipinski definition) is 4. The Bertz CT molecular complexity index is 1360. The summed E-state index contributed by atoms with van der Waals surface area (Å²) in [6, 6.07) is 28.8. The first kappa shape index (κ1) is 23.9. The number of esters is 1. The number of nitrogens with zero attached hydrogens (tertiary/aromatic N) is 1. The number of fused-ring (bicyclic) bond motifs is 1. The molecular weight excluding hydrogens is 436 g/mol. The summed E-state index contributed by atoms with van der Waals surface area (Å²) in [5.41, 5.74) is 3.79. The predicted octanol–water partition coefficient (Wildman–Crippen LogP) is 5.91. The van der Waals surface area contributed by atoms with Crippen LogP contribution in [0.5, 0.6) is 0 Å². The number of benzene rings is 4. The number of ether oxygens (including phenoxy) is 1. The highest BCUT2D eigenvalue weighted by Gasteiger charge is 2.14. The molecule has 0 spiro atoms. The van der Waals surface area contributed by atoms with Crippen molar-refractivity contribution in [3.05, 3.63) is 119 Å². The molecule has 5 nitrogen and oxygen atoms in total. The van der Waals surface area contributed by atoms with Crippen LogP contribution in [0.3, 0.4) is 0 Å². The maximum atomic E-state index is 12.6. The number of anilines is 1. The van der Waals surface area contributed by atoms with Gasteiger partial charge >= 0.3 is 5.97 Å². The van der Waals surface area contributed by atoms with E-state index in [-0.39, 0.29) is 12.5 Å². The Morgan fingerprint density at radius 1 is 0.829 bits per heavy atom. The standard InChI is InChI=1S/C30H28N2O3/c1-32(2)20-24-13-16-25-18-22(12-15-26(25)19-24)14-17-29(33)31-28-11-7-6-10-27(28)30(34)35-21-23-8-4-3-5-9-23/h3-19H,20-21H2,1-2H3,(H,31,33). The highest BCUT2D eigenvalue weighted by atomic mass is 16.5. The van der Waals surface area contributed by atoms with Crippen molar-refractivity contribution < 1.29 is 14.3 Å². The Kier molecular flexibility index (Phi) is 7.70. The number of hydrogen-bond donors (Lipinski definition) is 1. The summed E-state index contributed by atoms with van der Waals surface area (Å²) in [6.45, 7) is 1.06. The van der Waals surface area contributed by atoms with Gasteiger partial charge in [0.15, 0.2) is 0 Å². The van der Waals surface area contributed by atoms with Crippen LogP contribution >= 0.6 is 0 Å². The minimum atomic E-state index is -0.489. The molecule has 0 aliphatic carbocycles. The SMILES string of the molecule is CN(C)Cc1ccc2cc(C=CC(=O)Nc3ccccc3C(=O)OCc3ccccc3)ccc2c1. The van der Waals surface area contributed by atoms with Crippen molar-refractivity contribution in [2.24, 2.45) is 0 Å². The van der Waals surface area contributed by atoms with Gasteiger partial charge in [-0.2, -0.15) is 0 Å². The molecule has 0 heterocycles. The fourth-order valence-electron chi connectivity index (χ4n) is 3.80. The second kappa shape index (κ2) is 11.3. The molecule has 35 heavy (non-hydrogen) atoms. The third-order valence-electron chi connectivity index (χ3n) is 5.47. The van der Waals surface area contributed by atoms with Crippen LogP contribution < -0.4 is 5.32 Å². The zero-order chi connectivity index (χ0) is 24.6. The molecule has 1 N–H and O–H groups in total. The van der Waals surface area contributed by atoms with E-state index < -0.39 is 5.97 Å². The van der Waals surface area contributed by atoms with Crippen LogP contribution in [0.2, 0.25) is 0 Å². The smallest absolute Gasteiger partial charge is 0.340 e. The third-order valence-corrected chi connectivity index (χ3v) is 5.47. The average molecular weight is 465 g/mol. The van der Waals surface area contributed by atoms with Gasteiger partial charge in [0.05, 0.1) is 11.3 Å². The van der Waals surface area contributed by atoms with Gasteiger partial charge in [0.1, 0.15) is 6.61 Å². The van der Waals surface area contributed by atoms with Crippen LogP contribution in [-0.2, 0) is 22.7 Å². The van der Waals surface area contributed by atoms with E-state index in [4.69, 9.17) is 4.74 Å². The van der Waals surface area contributed by atoms with E-state index in [9.17, 15) is 9.59 Å². The lowest BCUT2D eigenvalue weighted by atomic mass is 10.0. The molecule has 4 aromatic rings. The zero-order valence-corrected chi connectivity index (χ0v) is 19.9.